The van der Waals surface area contributed by atoms with Gasteiger partial charge in [0.25, 0.3) is 12.5 Å². The maximum Gasteiger partial charge on any atom is 0.300 e. The Balaban J connectivity index is 2.61. The molecule has 90 valence electrons. The Morgan fingerprint density at radius 2 is 1.88 bits per heavy atom. The first-order valence-corrected chi connectivity index (χ1v) is 5.66. The van der Waals surface area contributed by atoms with Crippen LogP contribution in [0.25, 0.3) is 4.85 Å². The summed E-state index contributed by atoms with van der Waals surface area (Å²) in [7, 11) is 0. The summed E-state index contributed by atoms with van der Waals surface area (Å²) in [5, 5.41) is 6.49. The van der Waals surface area contributed by atoms with Gasteiger partial charge in [-0.05, 0) is 40.5 Å². The van der Waals surface area contributed by atoms with Gasteiger partial charge >= 0.3 is 0 Å². The number of hydrogen-bond acceptors (Lipinski definition) is 2. The van der Waals surface area contributed by atoms with Crippen LogP contribution in [0.3, 0.4) is 0 Å². The lowest BCUT2D eigenvalue weighted by Gasteiger charge is -2.46. The van der Waals surface area contributed by atoms with Crippen LogP contribution in [0.5, 0.6) is 0 Å². The predicted octanol–water partition coefficient (Wildman–Crippen LogP) is 1.33. The molecule has 0 aromatic heterocycles. The Bertz CT molecular complexity index is 299. The average molecular weight is 223 g/mol. The minimum Gasteiger partial charge on any atom is -0.347 e. The first-order chi connectivity index (χ1) is 7.24. The Labute approximate surface area is 97.6 Å². The first kappa shape index (κ1) is 13.0. The molecule has 0 radical (unpaired) electrons. The molecule has 0 atom stereocenters. The van der Waals surface area contributed by atoms with Crippen molar-refractivity contribution in [3.05, 3.63) is 11.4 Å². The van der Waals surface area contributed by atoms with Crippen molar-refractivity contribution in [3.63, 3.8) is 0 Å². The first-order valence-electron chi connectivity index (χ1n) is 5.66. The molecule has 4 heteroatoms. The van der Waals surface area contributed by atoms with Crippen molar-refractivity contribution in [1.29, 1.82) is 0 Å². The molecule has 0 aromatic carbocycles. The highest BCUT2D eigenvalue weighted by Crippen LogP contribution is 2.28. The summed E-state index contributed by atoms with van der Waals surface area (Å²) in [6, 6.07) is 0.167. The zero-order valence-electron chi connectivity index (χ0n) is 10.6. The summed E-state index contributed by atoms with van der Waals surface area (Å²) in [4.78, 5) is 14.5. The van der Waals surface area contributed by atoms with Crippen molar-refractivity contribution in [2.45, 2.75) is 57.7 Å². The molecule has 1 rings (SSSR count). The summed E-state index contributed by atoms with van der Waals surface area (Å²) in [6.07, 6.45) is 1.81. The minimum absolute atomic E-state index is 0.0256. The third kappa shape index (κ3) is 3.82. The van der Waals surface area contributed by atoms with E-state index in [0.717, 1.165) is 12.8 Å². The second kappa shape index (κ2) is 4.42. The molecular formula is C12H21N3O. The molecule has 1 fully saturated rings. The van der Waals surface area contributed by atoms with Crippen LogP contribution in [0.15, 0.2) is 0 Å². The van der Waals surface area contributed by atoms with E-state index < -0.39 is 0 Å². The minimum atomic E-state index is -0.159. The summed E-state index contributed by atoms with van der Waals surface area (Å²) in [5.41, 5.74) is 0.0512. The molecule has 0 unspecified atom stereocenters. The van der Waals surface area contributed by atoms with Gasteiger partial charge in [0.2, 0.25) is 0 Å². The summed E-state index contributed by atoms with van der Waals surface area (Å²) >= 11 is 0. The zero-order chi connectivity index (χ0) is 12.4. The molecule has 2 N–H and O–H groups in total. The Kier molecular flexibility index (Phi) is 3.59. The Morgan fingerprint density at radius 3 is 2.31 bits per heavy atom. The molecular weight excluding hydrogens is 202 g/mol. The molecule has 0 saturated carbocycles. The molecule has 1 amide bonds. The zero-order valence-corrected chi connectivity index (χ0v) is 10.6. The van der Waals surface area contributed by atoms with Crippen molar-refractivity contribution in [2.24, 2.45) is 0 Å². The fourth-order valence-corrected chi connectivity index (χ4v) is 2.77. The third-order valence-electron chi connectivity index (χ3n) is 2.78. The quantitative estimate of drug-likeness (QED) is 0.694. The van der Waals surface area contributed by atoms with Crippen LogP contribution in [0.2, 0.25) is 0 Å². The van der Waals surface area contributed by atoms with E-state index in [4.69, 9.17) is 6.57 Å². The van der Waals surface area contributed by atoms with Crippen LogP contribution in [0.4, 0.5) is 0 Å². The van der Waals surface area contributed by atoms with Crippen LogP contribution in [0, 0.1) is 6.57 Å². The van der Waals surface area contributed by atoms with Crippen LogP contribution in [-0.4, -0.2) is 29.6 Å². The molecule has 1 aliphatic rings. The van der Waals surface area contributed by atoms with E-state index in [1.807, 2.05) is 0 Å². The van der Waals surface area contributed by atoms with Gasteiger partial charge < -0.3 is 15.5 Å². The summed E-state index contributed by atoms with van der Waals surface area (Å²) in [5.74, 6) is -0.159. The number of nitrogens with zero attached hydrogens (tertiary/aromatic N) is 1. The molecule has 4 nitrogen and oxygen atoms in total. The predicted molar refractivity (Wildman–Crippen MR) is 63.9 cm³/mol. The molecule has 0 aliphatic carbocycles. The van der Waals surface area contributed by atoms with Crippen molar-refractivity contribution in [3.8, 4) is 0 Å². The van der Waals surface area contributed by atoms with Crippen molar-refractivity contribution >= 4 is 5.91 Å². The molecule has 0 spiro atoms. The lowest BCUT2D eigenvalue weighted by molar-refractivity contribution is -0.120. The summed E-state index contributed by atoms with van der Waals surface area (Å²) < 4.78 is 0. The SMILES string of the molecule is [C-]#[N+]CC(=O)NC1CC(C)(C)NC(C)(C)C1. The number of hydrogen-bond donors (Lipinski definition) is 2. The van der Waals surface area contributed by atoms with Crippen LogP contribution < -0.4 is 10.6 Å². The van der Waals surface area contributed by atoms with Crippen LogP contribution in [0.1, 0.15) is 40.5 Å². The van der Waals surface area contributed by atoms with Gasteiger partial charge in [0.05, 0.1) is 0 Å². The number of piperidine rings is 1. The Hall–Kier alpha value is -1.08. The summed E-state index contributed by atoms with van der Waals surface area (Å²) in [6.45, 7) is 15.2. The normalized spacial score (nSPS) is 23.4. The average Bonchev–Trinajstić information content (AvgIpc) is 1.96. The molecule has 16 heavy (non-hydrogen) atoms. The van der Waals surface area contributed by atoms with Gasteiger partial charge in [0, 0.05) is 17.1 Å². The maximum absolute atomic E-state index is 11.4. The van der Waals surface area contributed by atoms with Gasteiger partial charge in [-0.1, -0.05) is 0 Å². The highest BCUT2D eigenvalue weighted by molar-refractivity contribution is 5.79. The second-order valence-electron chi connectivity index (χ2n) is 5.88. The molecule has 1 heterocycles. The highest BCUT2D eigenvalue weighted by atomic mass is 16.1. The largest absolute Gasteiger partial charge is 0.347 e. The van der Waals surface area contributed by atoms with Gasteiger partial charge in [-0.15, -0.1) is 0 Å². The van der Waals surface area contributed by atoms with Crippen molar-refractivity contribution in [1.82, 2.24) is 10.6 Å². The molecule has 0 aromatic rings. The van der Waals surface area contributed by atoms with Gasteiger partial charge in [-0.3, -0.25) is 4.79 Å². The van der Waals surface area contributed by atoms with Gasteiger partial charge in [-0.25, -0.2) is 6.57 Å². The van der Waals surface area contributed by atoms with E-state index in [0.29, 0.717) is 0 Å². The van der Waals surface area contributed by atoms with E-state index in [9.17, 15) is 4.79 Å². The van der Waals surface area contributed by atoms with E-state index in [-0.39, 0.29) is 29.6 Å². The van der Waals surface area contributed by atoms with Crippen molar-refractivity contribution in [2.75, 3.05) is 6.54 Å². The van der Waals surface area contributed by atoms with Gasteiger partial charge in [0.1, 0.15) is 0 Å². The topological polar surface area (TPSA) is 45.5 Å². The lowest BCUT2D eigenvalue weighted by Crippen LogP contribution is -2.62. The second-order valence-corrected chi connectivity index (χ2v) is 5.88. The number of nitrogens with one attached hydrogen (secondary N) is 2. The molecule has 1 aliphatic heterocycles. The molecule has 1 saturated heterocycles. The third-order valence-corrected chi connectivity index (χ3v) is 2.78. The van der Waals surface area contributed by atoms with E-state index in [1.165, 1.54) is 0 Å². The van der Waals surface area contributed by atoms with E-state index in [2.05, 4.69) is 43.2 Å². The maximum atomic E-state index is 11.4. The molecule has 0 bridgehead atoms. The number of carbonyl (C=O) groups is 1. The van der Waals surface area contributed by atoms with E-state index in [1.54, 1.807) is 0 Å². The van der Waals surface area contributed by atoms with Crippen LogP contribution in [-0.2, 0) is 4.79 Å². The number of carbonyl (C=O) groups excluding carboxylic acids is 1. The van der Waals surface area contributed by atoms with Crippen molar-refractivity contribution < 1.29 is 4.79 Å². The van der Waals surface area contributed by atoms with Gasteiger partial charge in [-0.2, -0.15) is 0 Å². The fraction of sp³-hybridized carbons (Fsp3) is 0.833. The number of amides is 1. The van der Waals surface area contributed by atoms with Gasteiger partial charge in [0.15, 0.2) is 0 Å². The standard InChI is InChI=1S/C12H21N3O/c1-11(2)6-9(7-12(3,4)15-11)14-10(16)8-13-5/h9,15H,6-8H2,1-4H3,(H,14,16). The smallest absolute Gasteiger partial charge is 0.300 e. The Morgan fingerprint density at radius 1 is 1.38 bits per heavy atom. The van der Waals surface area contributed by atoms with Crippen LogP contribution >= 0.6 is 0 Å². The highest BCUT2D eigenvalue weighted by Gasteiger charge is 2.38. The van der Waals surface area contributed by atoms with E-state index >= 15 is 0 Å². The fourth-order valence-electron chi connectivity index (χ4n) is 2.77. The monoisotopic (exact) mass is 223 g/mol. The lowest BCUT2D eigenvalue weighted by atomic mass is 9.79. The number of rotatable bonds is 2.